The molecule has 0 spiro atoms. The van der Waals surface area contributed by atoms with Crippen LogP contribution in [0.25, 0.3) is 10.8 Å². The smallest absolute Gasteiger partial charge is 0.0599 e. The zero-order valence-corrected chi connectivity index (χ0v) is 11.0. The molecular weight excluding hydrogens is 242 g/mol. The number of thioether (sulfide) groups is 1. The summed E-state index contributed by atoms with van der Waals surface area (Å²) in [6, 6.07) is 8.55. The quantitative estimate of drug-likeness (QED) is 0.657. The lowest BCUT2D eigenvalue weighted by Gasteiger charge is -2.23. The summed E-state index contributed by atoms with van der Waals surface area (Å²) in [6.07, 6.45) is 6.37. The highest BCUT2D eigenvalue weighted by molar-refractivity contribution is 8.00. The molecule has 3 rings (SSSR count). The third-order valence-corrected chi connectivity index (χ3v) is 5.01. The summed E-state index contributed by atoms with van der Waals surface area (Å²) >= 11 is 2.01. The minimum absolute atomic E-state index is 0.191. The van der Waals surface area contributed by atoms with Gasteiger partial charge in [0.05, 0.1) is 6.04 Å². The third-order valence-electron chi connectivity index (χ3n) is 3.55. The summed E-state index contributed by atoms with van der Waals surface area (Å²) in [5.41, 5.74) is 4.21. The summed E-state index contributed by atoms with van der Waals surface area (Å²) in [7, 11) is 0. The van der Waals surface area contributed by atoms with Crippen molar-refractivity contribution >= 4 is 22.5 Å². The molecule has 1 saturated heterocycles. The van der Waals surface area contributed by atoms with Gasteiger partial charge >= 0.3 is 0 Å². The molecule has 0 radical (unpaired) electrons. The van der Waals surface area contributed by atoms with E-state index in [1.807, 2.05) is 30.2 Å². The molecule has 3 N–H and O–H groups in total. The zero-order chi connectivity index (χ0) is 12.4. The topological polar surface area (TPSA) is 50.9 Å². The number of aromatic nitrogens is 1. The van der Waals surface area contributed by atoms with Crippen LogP contribution in [0.3, 0.4) is 0 Å². The molecule has 2 unspecified atom stereocenters. The van der Waals surface area contributed by atoms with E-state index in [9.17, 15) is 0 Å². The maximum absolute atomic E-state index is 5.78. The normalized spacial score (nSPS) is 21.3. The number of pyridine rings is 1. The lowest BCUT2D eigenvalue weighted by molar-refractivity contribution is 0.522. The highest BCUT2D eigenvalue weighted by Gasteiger charge is 2.27. The van der Waals surface area contributed by atoms with Crippen molar-refractivity contribution in [2.45, 2.75) is 24.1 Å². The van der Waals surface area contributed by atoms with E-state index in [4.69, 9.17) is 5.84 Å². The van der Waals surface area contributed by atoms with Gasteiger partial charge < -0.3 is 0 Å². The second-order valence-corrected chi connectivity index (χ2v) is 5.99. The molecule has 0 amide bonds. The van der Waals surface area contributed by atoms with Gasteiger partial charge in [0.1, 0.15) is 0 Å². The fourth-order valence-electron chi connectivity index (χ4n) is 2.65. The van der Waals surface area contributed by atoms with Crippen molar-refractivity contribution < 1.29 is 0 Å². The van der Waals surface area contributed by atoms with Gasteiger partial charge in [-0.1, -0.05) is 24.3 Å². The highest BCUT2D eigenvalue weighted by Crippen LogP contribution is 2.37. The van der Waals surface area contributed by atoms with Crippen molar-refractivity contribution in [1.82, 2.24) is 10.4 Å². The molecule has 2 heterocycles. The van der Waals surface area contributed by atoms with Crippen LogP contribution >= 0.6 is 11.8 Å². The Kier molecular flexibility index (Phi) is 3.50. The predicted octanol–water partition coefficient (Wildman–Crippen LogP) is 2.63. The molecule has 18 heavy (non-hydrogen) atoms. The number of fused-ring (bicyclic) bond motifs is 1. The van der Waals surface area contributed by atoms with E-state index in [2.05, 4.69) is 28.6 Å². The summed E-state index contributed by atoms with van der Waals surface area (Å²) in [5.74, 6) is 7.02. The first-order chi connectivity index (χ1) is 8.90. The van der Waals surface area contributed by atoms with Crippen molar-refractivity contribution in [2.24, 2.45) is 5.84 Å². The number of hydrogen-bond acceptors (Lipinski definition) is 4. The molecule has 1 aromatic carbocycles. The van der Waals surface area contributed by atoms with Gasteiger partial charge in [0.2, 0.25) is 0 Å². The number of nitrogens with zero attached hydrogens (tertiary/aromatic N) is 1. The van der Waals surface area contributed by atoms with Crippen LogP contribution in [-0.2, 0) is 0 Å². The lowest BCUT2D eigenvalue weighted by Crippen LogP contribution is -2.34. The van der Waals surface area contributed by atoms with Gasteiger partial charge in [0.15, 0.2) is 0 Å². The summed E-state index contributed by atoms with van der Waals surface area (Å²) in [4.78, 5) is 4.35. The van der Waals surface area contributed by atoms with Crippen molar-refractivity contribution in [3.63, 3.8) is 0 Å². The van der Waals surface area contributed by atoms with E-state index < -0.39 is 0 Å². The Morgan fingerprint density at radius 1 is 1.33 bits per heavy atom. The maximum Gasteiger partial charge on any atom is 0.0599 e. The predicted molar refractivity (Wildman–Crippen MR) is 77.3 cm³/mol. The largest absolute Gasteiger partial charge is 0.271 e. The Labute approximate surface area is 111 Å². The molecule has 1 fully saturated rings. The molecule has 1 aromatic heterocycles. The fourth-order valence-corrected chi connectivity index (χ4v) is 4.04. The number of hydrazine groups is 1. The SMILES string of the molecule is NNC(c1cncc2ccccc12)C1CCCS1. The molecule has 0 bridgehead atoms. The van der Waals surface area contributed by atoms with Crippen LogP contribution in [0.4, 0.5) is 0 Å². The summed E-state index contributed by atoms with van der Waals surface area (Å²) < 4.78 is 0. The molecule has 1 aliphatic heterocycles. The van der Waals surface area contributed by atoms with Gasteiger partial charge in [0, 0.05) is 23.0 Å². The minimum atomic E-state index is 0.191. The number of nitrogens with two attached hydrogens (primary N) is 1. The first-order valence-corrected chi connectivity index (χ1v) is 7.35. The van der Waals surface area contributed by atoms with Crippen LogP contribution < -0.4 is 11.3 Å². The minimum Gasteiger partial charge on any atom is -0.271 e. The van der Waals surface area contributed by atoms with Crippen molar-refractivity contribution in [3.8, 4) is 0 Å². The van der Waals surface area contributed by atoms with Gasteiger partial charge in [-0.25, -0.2) is 0 Å². The van der Waals surface area contributed by atoms with Gasteiger partial charge in [-0.3, -0.25) is 16.3 Å². The monoisotopic (exact) mass is 259 g/mol. The third kappa shape index (κ3) is 2.11. The van der Waals surface area contributed by atoms with Crippen molar-refractivity contribution in [2.75, 3.05) is 5.75 Å². The number of hydrogen-bond donors (Lipinski definition) is 2. The van der Waals surface area contributed by atoms with E-state index in [0.717, 1.165) is 0 Å². The van der Waals surface area contributed by atoms with E-state index in [1.165, 1.54) is 34.9 Å². The Bertz CT molecular complexity index is 532. The van der Waals surface area contributed by atoms with Gasteiger partial charge in [-0.05, 0) is 29.5 Å². The van der Waals surface area contributed by atoms with Crippen LogP contribution in [0, 0.1) is 0 Å². The van der Waals surface area contributed by atoms with Crippen molar-refractivity contribution in [3.05, 3.63) is 42.2 Å². The highest BCUT2D eigenvalue weighted by atomic mass is 32.2. The van der Waals surface area contributed by atoms with Crippen molar-refractivity contribution in [1.29, 1.82) is 0 Å². The zero-order valence-electron chi connectivity index (χ0n) is 10.2. The van der Waals surface area contributed by atoms with Crippen LogP contribution in [0.1, 0.15) is 24.4 Å². The molecule has 2 aromatic rings. The molecule has 4 heteroatoms. The lowest BCUT2D eigenvalue weighted by atomic mass is 9.98. The Balaban J connectivity index is 2.06. The Morgan fingerprint density at radius 3 is 3.00 bits per heavy atom. The van der Waals surface area contributed by atoms with Crippen LogP contribution in [-0.4, -0.2) is 16.0 Å². The fraction of sp³-hybridized carbons (Fsp3) is 0.357. The molecule has 0 aliphatic carbocycles. The first kappa shape index (κ1) is 12.0. The standard InChI is InChI=1S/C14H17N3S/c15-17-14(13-6-3-7-18-13)12-9-16-8-10-4-1-2-5-11(10)12/h1-2,4-5,8-9,13-14,17H,3,6-7,15H2. The molecule has 1 aliphatic rings. The van der Waals surface area contributed by atoms with Gasteiger partial charge in [0.25, 0.3) is 0 Å². The molecular formula is C14H17N3S. The van der Waals surface area contributed by atoms with Crippen LogP contribution in [0.15, 0.2) is 36.7 Å². The average Bonchev–Trinajstić information content (AvgIpc) is 2.94. The number of rotatable bonds is 3. The molecule has 2 atom stereocenters. The Morgan fingerprint density at radius 2 is 2.22 bits per heavy atom. The van der Waals surface area contributed by atoms with E-state index in [-0.39, 0.29) is 6.04 Å². The van der Waals surface area contributed by atoms with Gasteiger partial charge in [-0.2, -0.15) is 11.8 Å². The van der Waals surface area contributed by atoms with Gasteiger partial charge in [-0.15, -0.1) is 0 Å². The summed E-state index contributed by atoms with van der Waals surface area (Å²) in [5, 5.41) is 2.99. The first-order valence-electron chi connectivity index (χ1n) is 6.30. The van der Waals surface area contributed by atoms with E-state index in [1.54, 1.807) is 0 Å². The maximum atomic E-state index is 5.78. The molecule has 0 saturated carbocycles. The number of benzene rings is 1. The second-order valence-electron chi connectivity index (χ2n) is 4.65. The molecule has 3 nitrogen and oxygen atoms in total. The van der Waals surface area contributed by atoms with Crippen LogP contribution in [0.5, 0.6) is 0 Å². The summed E-state index contributed by atoms with van der Waals surface area (Å²) in [6.45, 7) is 0. The molecule has 94 valence electrons. The second kappa shape index (κ2) is 5.26. The number of nitrogens with one attached hydrogen (secondary N) is 1. The Hall–Kier alpha value is -1.10. The average molecular weight is 259 g/mol. The van der Waals surface area contributed by atoms with E-state index in [0.29, 0.717) is 5.25 Å². The van der Waals surface area contributed by atoms with Crippen LogP contribution in [0.2, 0.25) is 0 Å². The van der Waals surface area contributed by atoms with E-state index >= 15 is 0 Å².